The van der Waals surface area contributed by atoms with Crippen molar-refractivity contribution >= 4 is 12.1 Å². The van der Waals surface area contributed by atoms with Crippen molar-refractivity contribution in [2.45, 2.75) is 19.3 Å². The van der Waals surface area contributed by atoms with Crippen LogP contribution in [0, 0.1) is 5.92 Å². The summed E-state index contributed by atoms with van der Waals surface area (Å²) in [7, 11) is 0. The van der Waals surface area contributed by atoms with Crippen molar-refractivity contribution in [1.29, 1.82) is 0 Å². The molecule has 1 fully saturated rings. The number of amides is 1. The van der Waals surface area contributed by atoms with E-state index in [2.05, 4.69) is 22.8 Å². The molecule has 0 aromatic heterocycles. The molecule has 1 aliphatic rings. The Morgan fingerprint density at radius 3 is 2.56 bits per heavy atom. The van der Waals surface area contributed by atoms with Crippen LogP contribution >= 0.6 is 0 Å². The van der Waals surface area contributed by atoms with Gasteiger partial charge in [-0.1, -0.05) is 12.1 Å². The van der Waals surface area contributed by atoms with Gasteiger partial charge in [0.15, 0.2) is 0 Å². The zero-order valence-electron chi connectivity index (χ0n) is 9.41. The normalized spacial score (nSPS) is 17.0. The minimum Gasteiger partial charge on any atom is -0.329 e. The zero-order chi connectivity index (χ0) is 11.2. The predicted molar refractivity (Wildman–Crippen MR) is 65.4 cm³/mol. The SMILES string of the molecule is O=CNc1ccc(CC2CCNCC2)cc1. The van der Waals surface area contributed by atoms with E-state index in [4.69, 9.17) is 0 Å². The van der Waals surface area contributed by atoms with Crippen LogP contribution in [0.4, 0.5) is 5.69 Å². The zero-order valence-corrected chi connectivity index (χ0v) is 9.41. The molecule has 1 aromatic carbocycles. The predicted octanol–water partition coefficient (Wildman–Crippen LogP) is 1.80. The van der Waals surface area contributed by atoms with E-state index < -0.39 is 0 Å². The largest absolute Gasteiger partial charge is 0.329 e. The second kappa shape index (κ2) is 5.66. The molecule has 3 heteroatoms. The van der Waals surface area contributed by atoms with E-state index in [9.17, 15) is 4.79 Å². The number of carbonyl (C=O) groups excluding carboxylic acids is 1. The lowest BCUT2D eigenvalue weighted by Crippen LogP contribution is -2.28. The average Bonchev–Trinajstić information content (AvgIpc) is 2.33. The van der Waals surface area contributed by atoms with Crippen molar-refractivity contribution in [3.8, 4) is 0 Å². The highest BCUT2D eigenvalue weighted by molar-refractivity contribution is 5.71. The molecular weight excluding hydrogens is 200 g/mol. The topological polar surface area (TPSA) is 41.1 Å². The van der Waals surface area contributed by atoms with Gasteiger partial charge in [-0.3, -0.25) is 4.79 Å². The van der Waals surface area contributed by atoms with Gasteiger partial charge in [-0.2, -0.15) is 0 Å². The summed E-state index contributed by atoms with van der Waals surface area (Å²) < 4.78 is 0. The molecule has 1 aliphatic heterocycles. The molecule has 0 spiro atoms. The number of benzene rings is 1. The molecule has 0 bridgehead atoms. The Bertz CT molecular complexity index is 328. The highest BCUT2D eigenvalue weighted by atomic mass is 16.1. The fourth-order valence-corrected chi connectivity index (χ4v) is 2.22. The molecule has 0 unspecified atom stereocenters. The molecule has 1 amide bonds. The third-order valence-corrected chi connectivity index (χ3v) is 3.16. The number of hydrogen-bond donors (Lipinski definition) is 2. The highest BCUT2D eigenvalue weighted by Crippen LogP contribution is 2.19. The molecule has 2 rings (SSSR count). The van der Waals surface area contributed by atoms with Crippen LogP contribution in [0.3, 0.4) is 0 Å². The number of hydrogen-bond acceptors (Lipinski definition) is 2. The number of anilines is 1. The van der Waals surface area contributed by atoms with Gasteiger partial charge in [0.2, 0.25) is 6.41 Å². The molecule has 1 aromatic rings. The summed E-state index contributed by atoms with van der Waals surface area (Å²) in [5.41, 5.74) is 2.23. The molecule has 86 valence electrons. The summed E-state index contributed by atoms with van der Waals surface area (Å²) in [5, 5.41) is 6.03. The third kappa shape index (κ3) is 3.07. The second-order valence-corrected chi connectivity index (χ2v) is 4.36. The van der Waals surface area contributed by atoms with Gasteiger partial charge in [0.05, 0.1) is 0 Å². The van der Waals surface area contributed by atoms with Gasteiger partial charge in [0.1, 0.15) is 0 Å². The maximum Gasteiger partial charge on any atom is 0.211 e. The number of carbonyl (C=O) groups is 1. The van der Waals surface area contributed by atoms with Crippen LogP contribution < -0.4 is 10.6 Å². The van der Waals surface area contributed by atoms with Gasteiger partial charge in [0, 0.05) is 5.69 Å². The molecule has 0 saturated carbocycles. The summed E-state index contributed by atoms with van der Waals surface area (Å²) in [5.74, 6) is 0.811. The lowest BCUT2D eigenvalue weighted by molar-refractivity contribution is -0.105. The molecular formula is C13H18N2O. The second-order valence-electron chi connectivity index (χ2n) is 4.36. The highest BCUT2D eigenvalue weighted by Gasteiger charge is 2.13. The van der Waals surface area contributed by atoms with Crippen LogP contribution in [0.2, 0.25) is 0 Å². The first-order valence-electron chi connectivity index (χ1n) is 5.88. The van der Waals surface area contributed by atoms with Gasteiger partial charge in [0.25, 0.3) is 0 Å². The minimum atomic E-state index is 0.710. The van der Waals surface area contributed by atoms with E-state index in [1.165, 1.54) is 18.4 Å². The molecule has 0 atom stereocenters. The van der Waals surface area contributed by atoms with Crippen molar-refractivity contribution in [1.82, 2.24) is 5.32 Å². The van der Waals surface area contributed by atoms with Crippen LogP contribution in [-0.4, -0.2) is 19.5 Å². The van der Waals surface area contributed by atoms with Gasteiger partial charge >= 0.3 is 0 Å². The van der Waals surface area contributed by atoms with Crippen molar-refractivity contribution < 1.29 is 4.79 Å². The Balaban J connectivity index is 1.90. The van der Waals surface area contributed by atoms with E-state index in [0.29, 0.717) is 6.41 Å². The molecule has 0 radical (unpaired) electrons. The molecule has 1 heterocycles. The first-order valence-corrected chi connectivity index (χ1v) is 5.88. The fourth-order valence-electron chi connectivity index (χ4n) is 2.22. The first kappa shape index (κ1) is 11.1. The quantitative estimate of drug-likeness (QED) is 0.757. The lowest BCUT2D eigenvalue weighted by atomic mass is 9.91. The third-order valence-electron chi connectivity index (χ3n) is 3.16. The Hall–Kier alpha value is -1.35. The van der Waals surface area contributed by atoms with Crippen LogP contribution in [0.5, 0.6) is 0 Å². The Morgan fingerprint density at radius 1 is 1.25 bits per heavy atom. The van der Waals surface area contributed by atoms with E-state index in [1.807, 2.05) is 12.1 Å². The summed E-state index contributed by atoms with van der Waals surface area (Å²) >= 11 is 0. The summed E-state index contributed by atoms with van der Waals surface area (Å²) in [6.45, 7) is 2.30. The van der Waals surface area contributed by atoms with E-state index in [-0.39, 0.29) is 0 Å². The van der Waals surface area contributed by atoms with E-state index in [0.717, 1.165) is 31.1 Å². The summed E-state index contributed by atoms with van der Waals surface area (Å²) in [6.07, 6.45) is 4.41. The van der Waals surface area contributed by atoms with Crippen molar-refractivity contribution in [3.63, 3.8) is 0 Å². The maximum atomic E-state index is 10.3. The lowest BCUT2D eigenvalue weighted by Gasteiger charge is -2.22. The Morgan fingerprint density at radius 2 is 1.94 bits per heavy atom. The smallest absolute Gasteiger partial charge is 0.211 e. The molecule has 16 heavy (non-hydrogen) atoms. The van der Waals surface area contributed by atoms with Crippen LogP contribution in [0.15, 0.2) is 24.3 Å². The fraction of sp³-hybridized carbons (Fsp3) is 0.462. The number of piperidine rings is 1. The van der Waals surface area contributed by atoms with E-state index >= 15 is 0 Å². The van der Waals surface area contributed by atoms with Crippen molar-refractivity contribution in [2.75, 3.05) is 18.4 Å². The summed E-state index contributed by atoms with van der Waals surface area (Å²) in [6, 6.07) is 8.14. The van der Waals surface area contributed by atoms with Crippen LogP contribution in [-0.2, 0) is 11.2 Å². The van der Waals surface area contributed by atoms with Gasteiger partial charge in [-0.25, -0.2) is 0 Å². The van der Waals surface area contributed by atoms with Gasteiger partial charge in [-0.15, -0.1) is 0 Å². The molecule has 2 N–H and O–H groups in total. The van der Waals surface area contributed by atoms with Gasteiger partial charge < -0.3 is 10.6 Å². The Labute approximate surface area is 96.2 Å². The van der Waals surface area contributed by atoms with Crippen molar-refractivity contribution in [3.05, 3.63) is 29.8 Å². The minimum absolute atomic E-state index is 0.710. The number of nitrogens with one attached hydrogen (secondary N) is 2. The van der Waals surface area contributed by atoms with Crippen molar-refractivity contribution in [2.24, 2.45) is 5.92 Å². The first-order chi connectivity index (χ1) is 7.88. The van der Waals surface area contributed by atoms with Crippen LogP contribution in [0.25, 0.3) is 0 Å². The Kier molecular flexibility index (Phi) is 3.94. The molecule has 0 aliphatic carbocycles. The van der Waals surface area contributed by atoms with E-state index in [1.54, 1.807) is 0 Å². The maximum absolute atomic E-state index is 10.3. The molecule has 3 nitrogen and oxygen atoms in total. The number of rotatable bonds is 4. The standard InChI is InChI=1S/C13H18N2O/c16-10-15-13-3-1-11(2-4-13)9-12-5-7-14-8-6-12/h1-4,10,12,14H,5-9H2,(H,15,16). The van der Waals surface area contributed by atoms with Crippen LogP contribution in [0.1, 0.15) is 18.4 Å². The van der Waals surface area contributed by atoms with Gasteiger partial charge in [-0.05, 0) is 56.0 Å². The molecule has 1 saturated heterocycles. The monoisotopic (exact) mass is 218 g/mol. The summed E-state index contributed by atoms with van der Waals surface area (Å²) in [4.78, 5) is 10.3. The average molecular weight is 218 g/mol.